The number of piperidine rings is 1. The fourth-order valence-corrected chi connectivity index (χ4v) is 3.35. The van der Waals surface area contributed by atoms with Gasteiger partial charge in [0.2, 0.25) is 0 Å². The molecule has 0 radical (unpaired) electrons. The van der Waals surface area contributed by atoms with Gasteiger partial charge in [0.15, 0.2) is 0 Å². The monoisotopic (exact) mass is 276 g/mol. The van der Waals surface area contributed by atoms with Crippen molar-refractivity contribution in [2.45, 2.75) is 32.1 Å². The van der Waals surface area contributed by atoms with Gasteiger partial charge in [-0.25, -0.2) is 0 Å². The summed E-state index contributed by atoms with van der Waals surface area (Å²) in [7, 11) is 4.46. The van der Waals surface area contributed by atoms with Gasteiger partial charge in [0, 0.05) is 24.7 Å². The van der Waals surface area contributed by atoms with Gasteiger partial charge in [-0.1, -0.05) is 32.0 Å². The minimum absolute atomic E-state index is 0.442. The summed E-state index contributed by atoms with van der Waals surface area (Å²) in [6, 6.07) is 8.95. The molecule has 0 N–H and O–H groups in total. The third kappa shape index (κ3) is 3.04. The Kier molecular flexibility index (Phi) is 6.21. The molecule has 1 saturated heterocycles. The molecule has 1 spiro atoms. The second kappa shape index (κ2) is 7.44. The highest BCUT2D eigenvalue weighted by Crippen LogP contribution is 2.45. The fraction of sp³-hybridized carbons (Fsp3) is 0.588. The first-order chi connectivity index (χ1) is 9.71. The molecular formula is C17H28N2O. The predicted octanol–water partition coefficient (Wildman–Crippen LogP) is 2.94. The van der Waals surface area contributed by atoms with Gasteiger partial charge in [-0.05, 0) is 44.6 Å². The second-order valence-corrected chi connectivity index (χ2v) is 5.46. The summed E-state index contributed by atoms with van der Waals surface area (Å²) in [6.07, 6.45) is 2.62. The highest BCUT2D eigenvalue weighted by molar-refractivity contribution is 5.62. The molecule has 20 heavy (non-hydrogen) atoms. The number of benzene rings is 1. The third-order valence-electron chi connectivity index (χ3n) is 4.37. The van der Waals surface area contributed by atoms with E-state index in [1.807, 2.05) is 20.6 Å². The minimum atomic E-state index is 0.442. The van der Waals surface area contributed by atoms with Crippen LogP contribution in [0.5, 0.6) is 0 Å². The molecular weight excluding hydrogens is 248 g/mol. The van der Waals surface area contributed by atoms with E-state index in [2.05, 4.69) is 48.2 Å². The first-order valence-electron chi connectivity index (χ1n) is 7.49. The maximum absolute atomic E-state index is 8.00. The van der Waals surface area contributed by atoms with Crippen LogP contribution in [0.15, 0.2) is 24.3 Å². The molecule has 0 aliphatic carbocycles. The smallest absolute Gasteiger partial charge is 0.106 e. The van der Waals surface area contributed by atoms with Crippen LogP contribution in [-0.2, 0) is 10.2 Å². The van der Waals surface area contributed by atoms with Crippen LogP contribution in [-0.4, -0.2) is 45.4 Å². The van der Waals surface area contributed by atoms with Crippen LogP contribution in [0.3, 0.4) is 0 Å². The Morgan fingerprint density at radius 1 is 1.05 bits per heavy atom. The van der Waals surface area contributed by atoms with Crippen LogP contribution in [0.2, 0.25) is 0 Å². The predicted molar refractivity (Wildman–Crippen MR) is 86.6 cm³/mol. The van der Waals surface area contributed by atoms with Gasteiger partial charge in [0.05, 0.1) is 0 Å². The zero-order valence-electron chi connectivity index (χ0n) is 13.4. The van der Waals surface area contributed by atoms with Crippen molar-refractivity contribution in [3.05, 3.63) is 29.8 Å². The Hall–Kier alpha value is -1.35. The average molecular weight is 276 g/mol. The van der Waals surface area contributed by atoms with Crippen molar-refractivity contribution in [2.24, 2.45) is 0 Å². The zero-order valence-corrected chi connectivity index (χ0v) is 13.4. The van der Waals surface area contributed by atoms with Crippen LogP contribution in [0.25, 0.3) is 0 Å². The summed E-state index contributed by atoms with van der Waals surface area (Å²) in [5.41, 5.74) is 3.48. The van der Waals surface area contributed by atoms with Crippen LogP contribution in [0.4, 0.5) is 5.69 Å². The van der Waals surface area contributed by atoms with Crippen LogP contribution >= 0.6 is 0 Å². The molecule has 1 fully saturated rings. The quantitative estimate of drug-likeness (QED) is 0.728. The van der Waals surface area contributed by atoms with E-state index >= 15 is 0 Å². The molecule has 0 saturated carbocycles. The van der Waals surface area contributed by atoms with Crippen LogP contribution < -0.4 is 4.90 Å². The van der Waals surface area contributed by atoms with Gasteiger partial charge in [-0.3, -0.25) is 0 Å². The molecule has 0 amide bonds. The lowest BCUT2D eigenvalue weighted by Gasteiger charge is -2.38. The van der Waals surface area contributed by atoms with Crippen molar-refractivity contribution in [1.29, 1.82) is 0 Å². The second-order valence-electron chi connectivity index (χ2n) is 5.46. The summed E-state index contributed by atoms with van der Waals surface area (Å²) >= 11 is 0. The van der Waals surface area contributed by atoms with Crippen molar-refractivity contribution in [3.63, 3.8) is 0 Å². The molecule has 2 aliphatic rings. The van der Waals surface area contributed by atoms with E-state index in [1.54, 1.807) is 5.56 Å². The summed E-state index contributed by atoms with van der Waals surface area (Å²) in [5, 5.41) is 0. The van der Waals surface area contributed by atoms with Gasteiger partial charge < -0.3 is 14.6 Å². The summed E-state index contributed by atoms with van der Waals surface area (Å²) < 4.78 is 0. The lowest BCUT2D eigenvalue weighted by molar-refractivity contribution is -0.0979. The topological polar surface area (TPSA) is 23.6 Å². The fourth-order valence-electron chi connectivity index (χ4n) is 3.35. The van der Waals surface area contributed by atoms with Crippen molar-refractivity contribution >= 4 is 12.5 Å². The molecule has 3 nitrogen and oxygen atoms in total. The normalized spacial score (nSPS) is 19.5. The van der Waals surface area contributed by atoms with Gasteiger partial charge in [0.1, 0.15) is 6.79 Å². The van der Waals surface area contributed by atoms with E-state index in [0.717, 1.165) is 0 Å². The van der Waals surface area contributed by atoms with E-state index in [0.29, 0.717) is 5.41 Å². The summed E-state index contributed by atoms with van der Waals surface area (Å²) in [5.74, 6) is 0. The Balaban J connectivity index is 0.000000461. The summed E-state index contributed by atoms with van der Waals surface area (Å²) in [6.45, 7) is 9.69. The van der Waals surface area contributed by atoms with Gasteiger partial charge >= 0.3 is 0 Å². The molecule has 3 rings (SSSR count). The number of carbonyl (C=O) groups excluding carboxylic acids is 1. The molecule has 0 unspecified atom stereocenters. The third-order valence-corrected chi connectivity index (χ3v) is 4.37. The Morgan fingerprint density at radius 3 is 2.20 bits per heavy atom. The average Bonchev–Trinajstić information content (AvgIpc) is 2.80. The number of anilines is 1. The van der Waals surface area contributed by atoms with Gasteiger partial charge in [-0.2, -0.15) is 0 Å². The van der Waals surface area contributed by atoms with Gasteiger partial charge in [0.25, 0.3) is 0 Å². The first-order valence-corrected chi connectivity index (χ1v) is 7.49. The number of rotatable bonds is 0. The standard InChI is InChI=1S/C14H20N2.C2H6.CH2O/c1-15-9-7-14(8-10-15)11-16(2)13-6-4-3-5-12(13)14;2*1-2/h3-6H,7-11H2,1-2H3;1-2H3;1H2. The molecule has 0 aromatic heterocycles. The van der Waals surface area contributed by atoms with Crippen molar-refractivity contribution in [1.82, 2.24) is 4.90 Å². The molecule has 0 atom stereocenters. The van der Waals surface area contributed by atoms with Crippen molar-refractivity contribution in [2.75, 3.05) is 38.6 Å². The van der Waals surface area contributed by atoms with E-state index in [1.165, 1.54) is 38.2 Å². The largest absolute Gasteiger partial charge is 0.373 e. The minimum Gasteiger partial charge on any atom is -0.373 e. The lowest BCUT2D eigenvalue weighted by Crippen LogP contribution is -2.43. The van der Waals surface area contributed by atoms with E-state index in [9.17, 15) is 0 Å². The highest BCUT2D eigenvalue weighted by Gasteiger charge is 2.42. The number of likely N-dealkylation sites (tertiary alicyclic amines) is 1. The number of hydrogen-bond donors (Lipinski definition) is 0. The Bertz CT molecular complexity index is 411. The van der Waals surface area contributed by atoms with E-state index in [-0.39, 0.29) is 0 Å². The first kappa shape index (κ1) is 16.7. The Morgan fingerprint density at radius 2 is 1.60 bits per heavy atom. The maximum Gasteiger partial charge on any atom is 0.106 e. The molecule has 112 valence electrons. The maximum atomic E-state index is 8.00. The van der Waals surface area contributed by atoms with E-state index < -0.39 is 0 Å². The number of nitrogens with zero attached hydrogens (tertiary/aromatic N) is 2. The zero-order chi connectivity index (χ0) is 15.2. The number of hydrogen-bond acceptors (Lipinski definition) is 3. The Labute approximate surface area is 123 Å². The molecule has 2 heterocycles. The molecule has 2 aliphatic heterocycles. The van der Waals surface area contributed by atoms with Crippen LogP contribution in [0, 0.1) is 0 Å². The molecule has 1 aromatic rings. The SMILES string of the molecule is C=O.CC.CN1CCC2(CC1)CN(C)c1ccccc12. The number of para-hydroxylation sites is 1. The van der Waals surface area contributed by atoms with Crippen LogP contribution in [0.1, 0.15) is 32.3 Å². The highest BCUT2D eigenvalue weighted by atomic mass is 16.1. The van der Waals surface area contributed by atoms with Gasteiger partial charge in [-0.15, -0.1) is 0 Å². The number of fused-ring (bicyclic) bond motifs is 2. The molecule has 1 aromatic carbocycles. The molecule has 3 heteroatoms. The van der Waals surface area contributed by atoms with Crippen molar-refractivity contribution < 1.29 is 4.79 Å². The number of carbonyl (C=O) groups is 1. The lowest BCUT2D eigenvalue weighted by atomic mass is 9.74. The summed E-state index contributed by atoms with van der Waals surface area (Å²) in [4.78, 5) is 12.9. The number of likely N-dealkylation sites (N-methyl/N-ethyl adjacent to an activating group) is 1. The van der Waals surface area contributed by atoms with Crippen molar-refractivity contribution in [3.8, 4) is 0 Å². The van der Waals surface area contributed by atoms with E-state index in [4.69, 9.17) is 4.79 Å². The molecule has 0 bridgehead atoms.